The monoisotopic (exact) mass is 390 g/mol. The molecule has 1 N–H and O–H groups in total. The van der Waals surface area contributed by atoms with Crippen LogP contribution < -0.4 is 5.32 Å². The average Bonchev–Trinajstić information content (AvgIpc) is 2.73. The van der Waals surface area contributed by atoms with Crippen molar-refractivity contribution >= 4 is 17.8 Å². The number of ether oxygens (including phenoxy) is 1. The number of methoxy groups -OCH3 is 1. The predicted octanol–water partition coefficient (Wildman–Crippen LogP) is 2.53. The maximum Gasteiger partial charge on any atom is 0.308 e. The van der Waals surface area contributed by atoms with Crippen molar-refractivity contribution in [1.29, 1.82) is 0 Å². The topological polar surface area (TPSA) is 75.7 Å². The highest BCUT2D eigenvalue weighted by Crippen LogP contribution is 2.30. The standard InChI is InChI=1S/C21H27FN2O4/c1-28-21(27)15-8-6-14(7-9-15)19(25)23-16-10-12-24(13-11-16)20(26)17-4-2-3-5-18(17)22/h2-5,14-16H,6-13H2,1H3,(H,23,25). The molecule has 0 unspecified atom stereocenters. The second kappa shape index (κ2) is 9.17. The third-order valence-electron chi connectivity index (χ3n) is 5.87. The molecule has 1 aliphatic carbocycles. The summed E-state index contributed by atoms with van der Waals surface area (Å²) >= 11 is 0. The Morgan fingerprint density at radius 2 is 1.61 bits per heavy atom. The first kappa shape index (κ1) is 20.3. The Labute approximate surface area is 164 Å². The molecule has 3 rings (SSSR count). The van der Waals surface area contributed by atoms with Gasteiger partial charge in [-0.05, 0) is 50.7 Å². The van der Waals surface area contributed by atoms with Gasteiger partial charge in [0.1, 0.15) is 5.82 Å². The van der Waals surface area contributed by atoms with Crippen molar-refractivity contribution in [3.8, 4) is 0 Å². The molecule has 1 saturated carbocycles. The van der Waals surface area contributed by atoms with Gasteiger partial charge in [0.05, 0.1) is 18.6 Å². The fourth-order valence-corrected chi connectivity index (χ4v) is 4.11. The van der Waals surface area contributed by atoms with Crippen molar-refractivity contribution in [2.45, 2.75) is 44.6 Å². The maximum absolute atomic E-state index is 13.8. The molecule has 2 aliphatic rings. The molecule has 1 aliphatic heterocycles. The molecule has 0 atom stereocenters. The molecule has 6 nitrogen and oxygen atoms in total. The Bertz CT molecular complexity index is 723. The molecule has 1 aromatic rings. The van der Waals surface area contributed by atoms with E-state index in [-0.39, 0.29) is 41.2 Å². The zero-order valence-electron chi connectivity index (χ0n) is 16.2. The minimum Gasteiger partial charge on any atom is -0.469 e. The van der Waals surface area contributed by atoms with Crippen LogP contribution in [0.4, 0.5) is 4.39 Å². The number of amides is 2. The van der Waals surface area contributed by atoms with Crippen LogP contribution in [0.3, 0.4) is 0 Å². The van der Waals surface area contributed by atoms with Crippen LogP contribution in [-0.4, -0.2) is 48.9 Å². The van der Waals surface area contributed by atoms with E-state index in [4.69, 9.17) is 4.74 Å². The first-order chi connectivity index (χ1) is 13.5. The molecule has 1 aromatic carbocycles. The zero-order valence-corrected chi connectivity index (χ0v) is 16.2. The van der Waals surface area contributed by atoms with E-state index in [1.54, 1.807) is 17.0 Å². The number of esters is 1. The van der Waals surface area contributed by atoms with Gasteiger partial charge in [-0.3, -0.25) is 14.4 Å². The van der Waals surface area contributed by atoms with Crippen LogP contribution in [0.25, 0.3) is 0 Å². The van der Waals surface area contributed by atoms with Gasteiger partial charge >= 0.3 is 5.97 Å². The highest BCUT2D eigenvalue weighted by atomic mass is 19.1. The number of likely N-dealkylation sites (tertiary alicyclic amines) is 1. The summed E-state index contributed by atoms with van der Waals surface area (Å²) in [4.78, 5) is 38.2. The number of nitrogens with one attached hydrogen (secondary N) is 1. The van der Waals surface area contributed by atoms with Crippen LogP contribution in [0.2, 0.25) is 0 Å². The predicted molar refractivity (Wildman–Crippen MR) is 101 cm³/mol. The molecule has 0 radical (unpaired) electrons. The van der Waals surface area contributed by atoms with Crippen LogP contribution in [0.15, 0.2) is 24.3 Å². The van der Waals surface area contributed by atoms with Crippen LogP contribution in [0.5, 0.6) is 0 Å². The number of carbonyl (C=O) groups excluding carboxylic acids is 3. The van der Waals surface area contributed by atoms with Gasteiger partial charge < -0.3 is 15.0 Å². The highest BCUT2D eigenvalue weighted by Gasteiger charge is 2.32. The molecular weight excluding hydrogens is 363 g/mol. The number of benzene rings is 1. The summed E-state index contributed by atoms with van der Waals surface area (Å²) in [5, 5.41) is 3.09. The van der Waals surface area contributed by atoms with E-state index in [0.29, 0.717) is 51.6 Å². The number of hydrogen-bond acceptors (Lipinski definition) is 4. The lowest BCUT2D eigenvalue weighted by Gasteiger charge is -2.34. The van der Waals surface area contributed by atoms with Crippen molar-refractivity contribution in [3.05, 3.63) is 35.6 Å². The summed E-state index contributed by atoms with van der Waals surface area (Å²) in [6.07, 6.45) is 4.06. The zero-order chi connectivity index (χ0) is 20.1. The third kappa shape index (κ3) is 4.69. The van der Waals surface area contributed by atoms with Gasteiger partial charge in [0, 0.05) is 25.0 Å². The molecule has 28 heavy (non-hydrogen) atoms. The number of hydrogen-bond donors (Lipinski definition) is 1. The number of nitrogens with zero attached hydrogens (tertiary/aromatic N) is 1. The van der Waals surface area contributed by atoms with Gasteiger partial charge in [0.15, 0.2) is 0 Å². The molecule has 0 bridgehead atoms. The van der Waals surface area contributed by atoms with Crippen molar-refractivity contribution in [1.82, 2.24) is 10.2 Å². The average molecular weight is 390 g/mol. The molecule has 1 heterocycles. The molecule has 0 aromatic heterocycles. The van der Waals surface area contributed by atoms with Crippen molar-refractivity contribution < 1.29 is 23.5 Å². The second-order valence-electron chi connectivity index (χ2n) is 7.63. The summed E-state index contributed by atoms with van der Waals surface area (Å²) in [6.45, 7) is 0.986. The van der Waals surface area contributed by atoms with E-state index in [2.05, 4.69) is 5.32 Å². The van der Waals surface area contributed by atoms with Gasteiger partial charge in [0.25, 0.3) is 5.91 Å². The van der Waals surface area contributed by atoms with E-state index < -0.39 is 5.82 Å². The van der Waals surface area contributed by atoms with Crippen molar-refractivity contribution in [2.24, 2.45) is 11.8 Å². The Hall–Kier alpha value is -2.44. The molecule has 7 heteroatoms. The summed E-state index contributed by atoms with van der Waals surface area (Å²) < 4.78 is 18.6. The van der Waals surface area contributed by atoms with Gasteiger partial charge in [-0.25, -0.2) is 4.39 Å². The lowest BCUT2D eigenvalue weighted by Crippen LogP contribution is -2.48. The normalized spacial score (nSPS) is 23.1. The molecule has 2 fully saturated rings. The van der Waals surface area contributed by atoms with Crippen molar-refractivity contribution in [3.63, 3.8) is 0 Å². The van der Waals surface area contributed by atoms with E-state index in [1.165, 1.54) is 19.2 Å². The molecule has 2 amide bonds. The summed E-state index contributed by atoms with van der Waals surface area (Å²) in [6, 6.07) is 6.02. The molecule has 152 valence electrons. The number of halogens is 1. The number of carbonyl (C=O) groups is 3. The van der Waals surface area contributed by atoms with Gasteiger partial charge in [-0.15, -0.1) is 0 Å². The van der Waals surface area contributed by atoms with Crippen LogP contribution >= 0.6 is 0 Å². The van der Waals surface area contributed by atoms with E-state index in [0.717, 1.165) is 0 Å². The van der Waals surface area contributed by atoms with Gasteiger partial charge in [0.2, 0.25) is 5.91 Å². The lowest BCUT2D eigenvalue weighted by molar-refractivity contribution is -0.147. The first-order valence-electron chi connectivity index (χ1n) is 9.91. The maximum atomic E-state index is 13.8. The molecule has 1 saturated heterocycles. The molecule has 0 spiro atoms. The van der Waals surface area contributed by atoms with Gasteiger partial charge in [-0.1, -0.05) is 12.1 Å². The SMILES string of the molecule is COC(=O)C1CCC(C(=O)NC2CCN(C(=O)c3ccccc3F)CC2)CC1. The minimum atomic E-state index is -0.509. The Morgan fingerprint density at radius 1 is 1.00 bits per heavy atom. The number of piperidine rings is 1. The smallest absolute Gasteiger partial charge is 0.308 e. The highest BCUT2D eigenvalue weighted by molar-refractivity contribution is 5.94. The number of rotatable bonds is 4. The van der Waals surface area contributed by atoms with Crippen LogP contribution in [0, 0.1) is 17.7 Å². The third-order valence-corrected chi connectivity index (χ3v) is 5.87. The lowest BCUT2D eigenvalue weighted by atomic mass is 9.81. The Morgan fingerprint density at radius 3 is 2.21 bits per heavy atom. The summed E-state index contributed by atoms with van der Waals surface area (Å²) in [5.41, 5.74) is 0.0901. The second-order valence-corrected chi connectivity index (χ2v) is 7.63. The van der Waals surface area contributed by atoms with Crippen LogP contribution in [-0.2, 0) is 14.3 Å². The fraction of sp³-hybridized carbons (Fsp3) is 0.571. The Balaban J connectivity index is 1.44. The van der Waals surface area contributed by atoms with Crippen LogP contribution in [0.1, 0.15) is 48.9 Å². The van der Waals surface area contributed by atoms with E-state index >= 15 is 0 Å². The molecular formula is C21H27FN2O4. The summed E-state index contributed by atoms with van der Waals surface area (Å²) in [7, 11) is 1.39. The fourth-order valence-electron chi connectivity index (χ4n) is 4.11. The van der Waals surface area contributed by atoms with Crippen molar-refractivity contribution in [2.75, 3.05) is 20.2 Å². The Kier molecular flexibility index (Phi) is 6.65. The largest absolute Gasteiger partial charge is 0.469 e. The van der Waals surface area contributed by atoms with Gasteiger partial charge in [-0.2, -0.15) is 0 Å². The van der Waals surface area contributed by atoms with E-state index in [1.807, 2.05) is 0 Å². The minimum absolute atomic E-state index is 0.0236. The first-order valence-corrected chi connectivity index (χ1v) is 9.91. The van der Waals surface area contributed by atoms with E-state index in [9.17, 15) is 18.8 Å². The summed E-state index contributed by atoms with van der Waals surface area (Å²) in [5.74, 6) is -1.14. The quantitative estimate of drug-likeness (QED) is 0.802.